The van der Waals surface area contributed by atoms with Crippen LogP contribution in [0.15, 0.2) is 24.3 Å². The number of hydrogen-bond donors (Lipinski definition) is 1. The van der Waals surface area contributed by atoms with E-state index < -0.39 is 0 Å². The van der Waals surface area contributed by atoms with Crippen LogP contribution in [0.5, 0.6) is 0 Å². The van der Waals surface area contributed by atoms with Gasteiger partial charge >= 0.3 is 0 Å². The molecule has 2 heterocycles. The van der Waals surface area contributed by atoms with Crippen molar-refractivity contribution in [3.63, 3.8) is 0 Å². The number of anilines is 1. The molecule has 3 heteroatoms. The molecule has 0 aliphatic carbocycles. The van der Waals surface area contributed by atoms with Crippen molar-refractivity contribution in [1.82, 2.24) is 5.32 Å². The second kappa shape index (κ2) is 5.96. The summed E-state index contributed by atoms with van der Waals surface area (Å²) in [5.74, 6) is 0.287. The van der Waals surface area contributed by atoms with Crippen LogP contribution in [0.3, 0.4) is 0 Å². The van der Waals surface area contributed by atoms with Crippen molar-refractivity contribution in [1.29, 1.82) is 0 Å². The first-order chi connectivity index (χ1) is 9.75. The first kappa shape index (κ1) is 13.6. The minimum absolute atomic E-state index is 0.287. The molecule has 3 rings (SSSR count). The van der Waals surface area contributed by atoms with Crippen molar-refractivity contribution in [2.45, 2.75) is 57.5 Å². The highest BCUT2D eigenvalue weighted by Crippen LogP contribution is 2.32. The van der Waals surface area contributed by atoms with Crippen molar-refractivity contribution in [3.05, 3.63) is 29.8 Å². The molecule has 2 unspecified atom stereocenters. The number of nitrogens with zero attached hydrogens (tertiary/aromatic N) is 1. The van der Waals surface area contributed by atoms with E-state index >= 15 is 0 Å². The monoisotopic (exact) mass is 272 g/mol. The predicted octanol–water partition coefficient (Wildman–Crippen LogP) is 2.89. The first-order valence-corrected chi connectivity index (χ1v) is 7.89. The Labute approximate surface area is 121 Å². The number of fused-ring (bicyclic) bond motifs is 1. The maximum atomic E-state index is 12.6. The van der Waals surface area contributed by atoms with Crippen LogP contribution in [0.4, 0.5) is 5.69 Å². The van der Waals surface area contributed by atoms with Gasteiger partial charge in [-0.2, -0.15) is 0 Å². The molecule has 0 spiro atoms. The fraction of sp³-hybridized carbons (Fsp3) is 0.588. The number of hydrogen-bond acceptors (Lipinski definition) is 2. The molecule has 20 heavy (non-hydrogen) atoms. The third-order valence-electron chi connectivity index (χ3n) is 4.59. The second-order valence-corrected chi connectivity index (χ2v) is 6.13. The highest BCUT2D eigenvalue weighted by molar-refractivity contribution is 5.96. The standard InChI is InChI=1S/C17H24N2O/c1-13-12-14-6-2-3-8-16(14)19(13)17(20)10-9-15-7-4-5-11-18-15/h2-3,6,8,13,15,18H,4-5,7,9-12H2,1H3. The number of carbonyl (C=O) groups excluding carboxylic acids is 1. The van der Waals surface area contributed by atoms with E-state index in [0.29, 0.717) is 18.5 Å². The van der Waals surface area contributed by atoms with Crippen LogP contribution in [-0.2, 0) is 11.2 Å². The minimum Gasteiger partial charge on any atom is -0.314 e. The summed E-state index contributed by atoms with van der Waals surface area (Å²) in [4.78, 5) is 14.6. The quantitative estimate of drug-likeness (QED) is 0.917. The summed E-state index contributed by atoms with van der Waals surface area (Å²) in [6, 6.07) is 9.16. The molecule has 0 radical (unpaired) electrons. The maximum Gasteiger partial charge on any atom is 0.227 e. The molecular weight excluding hydrogens is 248 g/mol. The molecule has 2 aliphatic heterocycles. The lowest BCUT2D eigenvalue weighted by Crippen LogP contribution is -2.38. The van der Waals surface area contributed by atoms with Gasteiger partial charge in [-0.25, -0.2) is 0 Å². The molecule has 3 nitrogen and oxygen atoms in total. The summed E-state index contributed by atoms with van der Waals surface area (Å²) < 4.78 is 0. The van der Waals surface area contributed by atoms with E-state index in [9.17, 15) is 4.79 Å². The zero-order valence-corrected chi connectivity index (χ0v) is 12.3. The van der Waals surface area contributed by atoms with Crippen LogP contribution >= 0.6 is 0 Å². The van der Waals surface area contributed by atoms with Crippen molar-refractivity contribution in [2.75, 3.05) is 11.4 Å². The van der Waals surface area contributed by atoms with E-state index in [4.69, 9.17) is 0 Å². The molecule has 1 amide bonds. The average Bonchev–Trinajstić information content (AvgIpc) is 2.82. The molecule has 1 aromatic carbocycles. The third-order valence-corrected chi connectivity index (χ3v) is 4.59. The van der Waals surface area contributed by atoms with Crippen LogP contribution in [0.1, 0.15) is 44.6 Å². The normalized spacial score (nSPS) is 25.6. The number of amides is 1. The van der Waals surface area contributed by atoms with Gasteiger partial charge in [-0.15, -0.1) is 0 Å². The lowest BCUT2D eigenvalue weighted by molar-refractivity contribution is -0.119. The van der Waals surface area contributed by atoms with Crippen LogP contribution in [0.25, 0.3) is 0 Å². The van der Waals surface area contributed by atoms with E-state index in [1.807, 2.05) is 11.0 Å². The summed E-state index contributed by atoms with van der Waals surface area (Å²) in [5.41, 5.74) is 2.44. The zero-order chi connectivity index (χ0) is 13.9. The van der Waals surface area contributed by atoms with Gasteiger partial charge in [-0.05, 0) is 50.8 Å². The number of benzene rings is 1. The SMILES string of the molecule is CC1Cc2ccccc2N1C(=O)CCC1CCCCN1. The lowest BCUT2D eigenvalue weighted by atomic mass is 10.00. The molecule has 0 saturated carbocycles. The fourth-order valence-electron chi connectivity index (χ4n) is 3.53. The highest BCUT2D eigenvalue weighted by Gasteiger charge is 2.30. The predicted molar refractivity (Wildman–Crippen MR) is 82.0 cm³/mol. The van der Waals surface area contributed by atoms with E-state index in [1.165, 1.54) is 24.8 Å². The summed E-state index contributed by atoms with van der Waals surface area (Å²) in [7, 11) is 0. The molecule has 0 aromatic heterocycles. The van der Waals surface area contributed by atoms with Gasteiger partial charge < -0.3 is 10.2 Å². The minimum atomic E-state index is 0.287. The smallest absolute Gasteiger partial charge is 0.227 e. The first-order valence-electron chi connectivity index (χ1n) is 7.89. The van der Waals surface area contributed by atoms with Crippen molar-refractivity contribution in [2.24, 2.45) is 0 Å². The number of rotatable bonds is 3. The molecule has 108 valence electrons. The van der Waals surface area contributed by atoms with Gasteiger partial charge in [0, 0.05) is 24.2 Å². The number of para-hydroxylation sites is 1. The van der Waals surface area contributed by atoms with Crippen molar-refractivity contribution in [3.8, 4) is 0 Å². The van der Waals surface area contributed by atoms with Crippen molar-refractivity contribution < 1.29 is 4.79 Å². The van der Waals surface area contributed by atoms with Gasteiger partial charge in [0.2, 0.25) is 5.91 Å². The van der Waals surface area contributed by atoms with Gasteiger partial charge in [0.25, 0.3) is 0 Å². The molecule has 0 bridgehead atoms. The Balaban J connectivity index is 1.62. The van der Waals surface area contributed by atoms with Crippen LogP contribution < -0.4 is 10.2 Å². The average molecular weight is 272 g/mol. The van der Waals surface area contributed by atoms with Gasteiger partial charge in [0.15, 0.2) is 0 Å². The van der Waals surface area contributed by atoms with Crippen LogP contribution in [-0.4, -0.2) is 24.5 Å². The number of nitrogens with one attached hydrogen (secondary N) is 1. The van der Waals surface area contributed by atoms with E-state index in [-0.39, 0.29) is 5.91 Å². The van der Waals surface area contributed by atoms with Gasteiger partial charge in [-0.1, -0.05) is 24.6 Å². The van der Waals surface area contributed by atoms with E-state index in [0.717, 1.165) is 25.1 Å². The Morgan fingerprint density at radius 3 is 3.00 bits per heavy atom. The molecule has 1 saturated heterocycles. The second-order valence-electron chi connectivity index (χ2n) is 6.13. The molecule has 2 aliphatic rings. The molecule has 1 aromatic rings. The van der Waals surface area contributed by atoms with Crippen LogP contribution in [0, 0.1) is 0 Å². The Kier molecular flexibility index (Phi) is 4.06. The molecule has 1 N–H and O–H groups in total. The van der Waals surface area contributed by atoms with Crippen molar-refractivity contribution >= 4 is 11.6 Å². The Morgan fingerprint density at radius 2 is 2.20 bits per heavy atom. The van der Waals surface area contributed by atoms with Gasteiger partial charge in [-0.3, -0.25) is 4.79 Å². The fourth-order valence-corrected chi connectivity index (χ4v) is 3.53. The number of carbonyl (C=O) groups is 1. The van der Waals surface area contributed by atoms with E-state index in [1.54, 1.807) is 0 Å². The largest absolute Gasteiger partial charge is 0.314 e. The Morgan fingerprint density at radius 1 is 1.35 bits per heavy atom. The van der Waals surface area contributed by atoms with Crippen LogP contribution in [0.2, 0.25) is 0 Å². The summed E-state index contributed by atoms with van der Waals surface area (Å²) >= 11 is 0. The lowest BCUT2D eigenvalue weighted by Gasteiger charge is -2.26. The number of piperidine rings is 1. The highest BCUT2D eigenvalue weighted by atomic mass is 16.2. The van der Waals surface area contributed by atoms with Gasteiger partial charge in [0.1, 0.15) is 0 Å². The van der Waals surface area contributed by atoms with Gasteiger partial charge in [0.05, 0.1) is 0 Å². The van der Waals surface area contributed by atoms with E-state index in [2.05, 4.69) is 30.4 Å². The summed E-state index contributed by atoms with van der Waals surface area (Å²) in [6.45, 7) is 3.26. The molecule has 1 fully saturated rings. The summed E-state index contributed by atoms with van der Waals surface area (Å²) in [6.07, 6.45) is 6.43. The Bertz CT molecular complexity index is 480. The maximum absolute atomic E-state index is 12.6. The topological polar surface area (TPSA) is 32.3 Å². The zero-order valence-electron chi connectivity index (χ0n) is 12.3. The Hall–Kier alpha value is -1.35. The molecule has 2 atom stereocenters. The third kappa shape index (κ3) is 2.73. The summed E-state index contributed by atoms with van der Waals surface area (Å²) in [5, 5.41) is 3.52. The molecular formula is C17H24N2O.